The molecule has 0 radical (unpaired) electrons. The van der Waals surface area contributed by atoms with Crippen molar-refractivity contribution in [2.75, 3.05) is 19.7 Å². The Morgan fingerprint density at radius 3 is 2.92 bits per heavy atom. The fraction of sp³-hybridized carbons (Fsp3) is 0.316. The zero-order valence-electron chi connectivity index (χ0n) is 13.5. The number of nitrogens with two attached hydrogens (primary N) is 1. The molecule has 24 heavy (non-hydrogen) atoms. The summed E-state index contributed by atoms with van der Waals surface area (Å²) in [4.78, 5) is 14.3. The minimum absolute atomic E-state index is 0.000437. The SMILES string of the molecule is NCCOc1cccc(CC(=O)N2Cc3ccccc3[C@@H](O)C2)c1. The van der Waals surface area contributed by atoms with Crippen LogP contribution < -0.4 is 10.5 Å². The molecule has 5 heteroatoms. The van der Waals surface area contributed by atoms with E-state index in [1.54, 1.807) is 4.90 Å². The number of carbonyl (C=O) groups is 1. The Bertz CT molecular complexity index is 717. The van der Waals surface area contributed by atoms with Crippen molar-refractivity contribution in [3.8, 4) is 5.75 Å². The van der Waals surface area contributed by atoms with Gasteiger partial charge in [0.2, 0.25) is 5.91 Å². The van der Waals surface area contributed by atoms with Crippen molar-refractivity contribution in [1.82, 2.24) is 4.90 Å². The first-order valence-electron chi connectivity index (χ1n) is 8.13. The van der Waals surface area contributed by atoms with Gasteiger partial charge >= 0.3 is 0 Å². The van der Waals surface area contributed by atoms with Crippen LogP contribution in [0.1, 0.15) is 22.8 Å². The maximum absolute atomic E-state index is 12.6. The number of fused-ring (bicyclic) bond motifs is 1. The van der Waals surface area contributed by atoms with Gasteiger partial charge in [0.15, 0.2) is 0 Å². The van der Waals surface area contributed by atoms with Crippen LogP contribution in [0.3, 0.4) is 0 Å². The summed E-state index contributed by atoms with van der Waals surface area (Å²) in [6.07, 6.45) is -0.340. The molecule has 0 saturated carbocycles. The second-order valence-electron chi connectivity index (χ2n) is 5.95. The molecule has 3 rings (SSSR count). The first-order valence-corrected chi connectivity index (χ1v) is 8.13. The molecule has 2 aromatic carbocycles. The monoisotopic (exact) mass is 326 g/mol. The molecule has 0 aromatic heterocycles. The summed E-state index contributed by atoms with van der Waals surface area (Å²) >= 11 is 0. The second-order valence-corrected chi connectivity index (χ2v) is 5.95. The average molecular weight is 326 g/mol. The van der Waals surface area contributed by atoms with Gasteiger partial charge in [-0.2, -0.15) is 0 Å². The lowest BCUT2D eigenvalue weighted by molar-refractivity contribution is -0.133. The van der Waals surface area contributed by atoms with E-state index in [1.165, 1.54) is 0 Å². The molecule has 5 nitrogen and oxygen atoms in total. The van der Waals surface area contributed by atoms with Gasteiger partial charge in [-0.05, 0) is 28.8 Å². The number of aliphatic hydroxyl groups is 1. The van der Waals surface area contributed by atoms with E-state index in [0.717, 1.165) is 22.4 Å². The highest BCUT2D eigenvalue weighted by molar-refractivity contribution is 5.79. The van der Waals surface area contributed by atoms with Crippen LogP contribution in [0.2, 0.25) is 0 Å². The van der Waals surface area contributed by atoms with Crippen molar-refractivity contribution in [2.24, 2.45) is 5.73 Å². The van der Waals surface area contributed by atoms with Crippen LogP contribution in [-0.4, -0.2) is 35.6 Å². The van der Waals surface area contributed by atoms with Crippen molar-refractivity contribution in [1.29, 1.82) is 0 Å². The number of rotatable bonds is 5. The van der Waals surface area contributed by atoms with Crippen LogP contribution in [-0.2, 0) is 17.8 Å². The smallest absolute Gasteiger partial charge is 0.227 e. The number of hydrogen-bond donors (Lipinski definition) is 2. The molecule has 0 spiro atoms. The quantitative estimate of drug-likeness (QED) is 0.876. The third-order valence-corrected chi connectivity index (χ3v) is 4.16. The summed E-state index contributed by atoms with van der Waals surface area (Å²) in [6.45, 7) is 1.77. The highest BCUT2D eigenvalue weighted by Gasteiger charge is 2.26. The zero-order valence-corrected chi connectivity index (χ0v) is 13.5. The lowest BCUT2D eigenvalue weighted by Crippen LogP contribution is -2.39. The van der Waals surface area contributed by atoms with Crippen LogP contribution in [0, 0.1) is 0 Å². The van der Waals surface area contributed by atoms with Crippen LogP contribution in [0.4, 0.5) is 0 Å². The minimum Gasteiger partial charge on any atom is -0.492 e. The Kier molecular flexibility index (Phi) is 5.13. The standard InChI is InChI=1S/C19H22N2O3/c20-8-9-24-16-6-3-4-14(10-16)11-19(23)21-12-15-5-1-2-7-17(15)18(22)13-21/h1-7,10,18,22H,8-9,11-13,20H2/t18-/m0/s1. The van der Waals surface area contributed by atoms with Gasteiger partial charge in [-0.25, -0.2) is 0 Å². The maximum atomic E-state index is 12.6. The van der Waals surface area contributed by atoms with E-state index in [9.17, 15) is 9.90 Å². The molecule has 2 aromatic rings. The van der Waals surface area contributed by atoms with Gasteiger partial charge in [0.25, 0.3) is 0 Å². The van der Waals surface area contributed by atoms with Gasteiger partial charge in [-0.15, -0.1) is 0 Å². The Hall–Kier alpha value is -2.37. The third kappa shape index (κ3) is 3.75. The number of ether oxygens (including phenoxy) is 1. The van der Waals surface area contributed by atoms with E-state index >= 15 is 0 Å². The predicted molar refractivity (Wildman–Crippen MR) is 91.5 cm³/mol. The van der Waals surface area contributed by atoms with E-state index in [4.69, 9.17) is 10.5 Å². The Morgan fingerprint density at radius 1 is 1.25 bits per heavy atom. The van der Waals surface area contributed by atoms with E-state index in [1.807, 2.05) is 48.5 Å². The lowest BCUT2D eigenvalue weighted by Gasteiger charge is -2.32. The van der Waals surface area contributed by atoms with Crippen LogP contribution in [0.15, 0.2) is 48.5 Å². The molecule has 1 atom stereocenters. The van der Waals surface area contributed by atoms with E-state index in [2.05, 4.69) is 0 Å². The van der Waals surface area contributed by atoms with Crippen LogP contribution in [0.25, 0.3) is 0 Å². The summed E-state index contributed by atoms with van der Waals surface area (Å²) in [5.74, 6) is 0.717. The van der Waals surface area contributed by atoms with Gasteiger partial charge in [-0.3, -0.25) is 4.79 Å². The molecule has 0 fully saturated rings. The van der Waals surface area contributed by atoms with Crippen LogP contribution in [0.5, 0.6) is 5.75 Å². The summed E-state index contributed by atoms with van der Waals surface area (Å²) in [5, 5.41) is 10.3. The molecular formula is C19H22N2O3. The fourth-order valence-electron chi connectivity index (χ4n) is 2.98. The van der Waals surface area contributed by atoms with Gasteiger partial charge in [0, 0.05) is 13.1 Å². The molecule has 3 N–H and O–H groups in total. The summed E-state index contributed by atoms with van der Waals surface area (Å²) in [6, 6.07) is 15.2. The number of β-amino-alcohol motifs (C(OH)–C–C–N with tert-alkyl or cyclic N) is 1. The van der Waals surface area contributed by atoms with Crippen molar-refractivity contribution in [3.05, 3.63) is 65.2 Å². The normalized spacial score (nSPS) is 16.6. The number of nitrogens with zero attached hydrogens (tertiary/aromatic N) is 1. The topological polar surface area (TPSA) is 75.8 Å². The molecule has 0 saturated heterocycles. The summed E-state index contributed by atoms with van der Waals surface area (Å²) in [7, 11) is 0. The Morgan fingerprint density at radius 2 is 2.08 bits per heavy atom. The lowest BCUT2D eigenvalue weighted by atomic mass is 9.97. The van der Waals surface area contributed by atoms with Gasteiger partial charge in [-0.1, -0.05) is 36.4 Å². The highest BCUT2D eigenvalue weighted by atomic mass is 16.5. The summed E-state index contributed by atoms with van der Waals surface area (Å²) < 4.78 is 5.50. The fourth-order valence-corrected chi connectivity index (χ4v) is 2.98. The number of hydrogen-bond acceptors (Lipinski definition) is 4. The van der Waals surface area contributed by atoms with E-state index < -0.39 is 6.10 Å². The zero-order chi connectivity index (χ0) is 16.9. The van der Waals surface area contributed by atoms with Crippen molar-refractivity contribution in [3.63, 3.8) is 0 Å². The van der Waals surface area contributed by atoms with Gasteiger partial charge < -0.3 is 20.5 Å². The molecule has 0 aliphatic carbocycles. The van der Waals surface area contributed by atoms with Gasteiger partial charge in [0.05, 0.1) is 19.1 Å². The molecule has 1 heterocycles. The molecule has 1 aliphatic rings. The number of amides is 1. The molecular weight excluding hydrogens is 304 g/mol. The average Bonchev–Trinajstić information content (AvgIpc) is 2.60. The molecule has 0 unspecified atom stereocenters. The number of benzene rings is 2. The first-order chi connectivity index (χ1) is 11.7. The maximum Gasteiger partial charge on any atom is 0.227 e. The van der Waals surface area contributed by atoms with E-state index in [0.29, 0.717) is 26.2 Å². The largest absolute Gasteiger partial charge is 0.492 e. The molecule has 1 amide bonds. The molecule has 126 valence electrons. The summed E-state index contributed by atoms with van der Waals surface area (Å²) in [5.41, 5.74) is 8.25. The Balaban J connectivity index is 1.68. The number of aliphatic hydroxyl groups excluding tert-OH is 1. The molecule has 0 bridgehead atoms. The second kappa shape index (κ2) is 7.47. The highest BCUT2D eigenvalue weighted by Crippen LogP contribution is 2.26. The van der Waals surface area contributed by atoms with Crippen molar-refractivity contribution < 1.29 is 14.6 Å². The minimum atomic E-state index is -0.627. The van der Waals surface area contributed by atoms with E-state index in [-0.39, 0.29) is 12.3 Å². The number of carbonyl (C=O) groups excluding carboxylic acids is 1. The Labute approximate surface area is 141 Å². The van der Waals surface area contributed by atoms with Crippen LogP contribution >= 0.6 is 0 Å². The molecule has 1 aliphatic heterocycles. The first kappa shape index (κ1) is 16.5. The third-order valence-electron chi connectivity index (χ3n) is 4.16. The van der Waals surface area contributed by atoms with Crippen molar-refractivity contribution >= 4 is 5.91 Å². The van der Waals surface area contributed by atoms with Crippen molar-refractivity contribution in [2.45, 2.75) is 19.1 Å². The predicted octanol–water partition coefficient (Wildman–Crippen LogP) is 1.64. The van der Waals surface area contributed by atoms with Gasteiger partial charge in [0.1, 0.15) is 12.4 Å².